The Kier molecular flexibility index (Phi) is 8.06. The van der Waals surface area contributed by atoms with Crippen molar-refractivity contribution >= 4 is 29.2 Å². The van der Waals surface area contributed by atoms with E-state index in [-0.39, 0.29) is 35.1 Å². The fraction of sp³-hybridized carbons (Fsp3) is 0.333. The molecule has 10 heteroatoms. The molecule has 2 heterocycles. The minimum atomic E-state index is -2.63. The Morgan fingerprint density at radius 2 is 2.07 bits per heavy atom. The molecule has 150 valence electrons. The number of hydrogen-bond acceptors (Lipinski definition) is 5. The highest BCUT2D eigenvalue weighted by atomic mass is 35.5. The van der Waals surface area contributed by atoms with Gasteiger partial charge in [-0.3, -0.25) is 9.59 Å². The van der Waals surface area contributed by atoms with E-state index in [0.29, 0.717) is 24.0 Å². The minimum absolute atomic E-state index is 0.0669. The number of hydrogen-bond donors (Lipinski definition) is 2. The zero-order valence-corrected chi connectivity index (χ0v) is 15.8. The molecule has 0 atom stereocenters. The number of alkyl halides is 2. The SMILES string of the molecule is CCCC(=O)Nc1cc(C(=O)NCc2cnc(OCC(F)F)c(Cl)c2)ccn1. The summed E-state index contributed by atoms with van der Waals surface area (Å²) in [6.07, 6.45) is 1.23. The van der Waals surface area contributed by atoms with Gasteiger partial charge in [0.05, 0.1) is 0 Å². The van der Waals surface area contributed by atoms with Crippen LogP contribution in [0.15, 0.2) is 30.6 Å². The van der Waals surface area contributed by atoms with Crippen molar-refractivity contribution in [1.29, 1.82) is 0 Å². The number of pyridine rings is 2. The molecule has 0 bridgehead atoms. The van der Waals surface area contributed by atoms with Gasteiger partial charge in [0.15, 0.2) is 6.61 Å². The fourth-order valence-corrected chi connectivity index (χ4v) is 2.41. The number of nitrogens with zero attached hydrogens (tertiary/aromatic N) is 2. The topological polar surface area (TPSA) is 93.2 Å². The summed E-state index contributed by atoms with van der Waals surface area (Å²) in [5.74, 6) is -0.375. The first kappa shape index (κ1) is 21.5. The predicted molar refractivity (Wildman–Crippen MR) is 99.7 cm³/mol. The summed E-state index contributed by atoms with van der Waals surface area (Å²) in [5.41, 5.74) is 0.881. The lowest BCUT2D eigenvalue weighted by atomic mass is 10.2. The number of carbonyl (C=O) groups excluding carboxylic acids is 2. The van der Waals surface area contributed by atoms with E-state index in [4.69, 9.17) is 16.3 Å². The molecule has 0 saturated heterocycles. The third kappa shape index (κ3) is 6.73. The highest BCUT2D eigenvalue weighted by Gasteiger charge is 2.11. The molecule has 0 aliphatic heterocycles. The fourth-order valence-electron chi connectivity index (χ4n) is 2.17. The molecular formula is C18H19ClF2N4O3. The number of amides is 2. The van der Waals surface area contributed by atoms with Crippen LogP contribution in [0.25, 0.3) is 0 Å². The Bertz CT molecular complexity index is 836. The van der Waals surface area contributed by atoms with Crippen molar-refractivity contribution < 1.29 is 23.1 Å². The highest BCUT2D eigenvalue weighted by molar-refractivity contribution is 6.31. The average Bonchev–Trinajstić information content (AvgIpc) is 2.65. The zero-order valence-electron chi connectivity index (χ0n) is 15.0. The quantitative estimate of drug-likeness (QED) is 0.658. The van der Waals surface area contributed by atoms with Gasteiger partial charge in [0, 0.05) is 30.9 Å². The standard InChI is InChI=1S/C18H19ClF2N4O3/c1-2-3-16(26)25-15-7-12(4-5-22-15)17(27)23-8-11-6-13(19)18(24-9-11)28-10-14(20)21/h4-7,9,14H,2-3,8,10H2,1H3,(H,23,27)(H,22,25,26). The van der Waals surface area contributed by atoms with Gasteiger partial charge >= 0.3 is 0 Å². The molecule has 2 rings (SSSR count). The molecule has 0 saturated carbocycles. The van der Waals surface area contributed by atoms with E-state index in [9.17, 15) is 18.4 Å². The van der Waals surface area contributed by atoms with Crippen molar-refractivity contribution in [3.63, 3.8) is 0 Å². The predicted octanol–water partition coefficient (Wildman–Crippen LogP) is 3.44. The molecule has 0 aliphatic rings. The van der Waals surface area contributed by atoms with Gasteiger partial charge in [0.25, 0.3) is 12.3 Å². The summed E-state index contributed by atoms with van der Waals surface area (Å²) in [6.45, 7) is 1.19. The Morgan fingerprint density at radius 1 is 1.29 bits per heavy atom. The number of rotatable bonds is 9. The normalized spacial score (nSPS) is 10.6. The van der Waals surface area contributed by atoms with Gasteiger partial charge in [-0.2, -0.15) is 0 Å². The minimum Gasteiger partial charge on any atom is -0.471 e. The second kappa shape index (κ2) is 10.5. The third-order valence-corrected chi connectivity index (χ3v) is 3.70. The summed E-state index contributed by atoms with van der Waals surface area (Å²) in [7, 11) is 0. The first-order valence-electron chi connectivity index (χ1n) is 8.48. The Morgan fingerprint density at radius 3 is 2.75 bits per heavy atom. The third-order valence-electron chi connectivity index (χ3n) is 3.43. The molecule has 0 aliphatic carbocycles. The molecule has 0 radical (unpaired) electrons. The maximum Gasteiger partial charge on any atom is 0.272 e. The van der Waals surface area contributed by atoms with E-state index in [1.807, 2.05) is 6.92 Å². The van der Waals surface area contributed by atoms with Crippen LogP contribution in [0.3, 0.4) is 0 Å². The first-order chi connectivity index (χ1) is 13.4. The van der Waals surface area contributed by atoms with E-state index < -0.39 is 13.0 Å². The molecule has 2 aromatic heterocycles. The molecule has 2 aromatic rings. The second-order valence-electron chi connectivity index (χ2n) is 5.74. The van der Waals surface area contributed by atoms with Crippen LogP contribution in [0.2, 0.25) is 5.02 Å². The van der Waals surface area contributed by atoms with Crippen LogP contribution in [0.4, 0.5) is 14.6 Å². The molecule has 0 aromatic carbocycles. The smallest absolute Gasteiger partial charge is 0.272 e. The van der Waals surface area contributed by atoms with Crippen molar-refractivity contribution in [1.82, 2.24) is 15.3 Å². The van der Waals surface area contributed by atoms with Crippen molar-refractivity contribution in [2.75, 3.05) is 11.9 Å². The summed E-state index contributed by atoms with van der Waals surface area (Å²) in [4.78, 5) is 31.8. The van der Waals surface area contributed by atoms with Gasteiger partial charge in [0.1, 0.15) is 10.8 Å². The molecule has 2 N–H and O–H groups in total. The maximum atomic E-state index is 12.3. The molecule has 0 fully saturated rings. The van der Waals surface area contributed by atoms with Crippen molar-refractivity contribution in [2.45, 2.75) is 32.7 Å². The number of nitrogens with one attached hydrogen (secondary N) is 2. The van der Waals surface area contributed by atoms with Gasteiger partial charge in [-0.1, -0.05) is 18.5 Å². The molecular weight excluding hydrogens is 394 g/mol. The summed E-state index contributed by atoms with van der Waals surface area (Å²) in [5, 5.41) is 5.37. The molecule has 7 nitrogen and oxygen atoms in total. The lowest BCUT2D eigenvalue weighted by Crippen LogP contribution is -2.23. The zero-order chi connectivity index (χ0) is 20.5. The van der Waals surface area contributed by atoms with Crippen molar-refractivity contribution in [3.8, 4) is 5.88 Å². The number of halogens is 3. The van der Waals surface area contributed by atoms with Gasteiger partial charge in [-0.05, 0) is 30.2 Å². The van der Waals surface area contributed by atoms with E-state index in [0.717, 1.165) is 0 Å². The molecule has 0 spiro atoms. The monoisotopic (exact) mass is 412 g/mol. The summed E-state index contributed by atoms with van der Waals surface area (Å²) in [6, 6.07) is 4.45. The number of ether oxygens (including phenoxy) is 1. The van der Waals surface area contributed by atoms with Gasteiger partial charge in [-0.15, -0.1) is 0 Å². The molecule has 28 heavy (non-hydrogen) atoms. The molecule has 2 amide bonds. The van der Waals surface area contributed by atoms with Crippen molar-refractivity contribution in [2.24, 2.45) is 0 Å². The highest BCUT2D eigenvalue weighted by Crippen LogP contribution is 2.22. The van der Waals surface area contributed by atoms with Crippen LogP contribution in [-0.2, 0) is 11.3 Å². The van der Waals surface area contributed by atoms with E-state index in [2.05, 4.69) is 20.6 Å². The van der Waals surface area contributed by atoms with E-state index >= 15 is 0 Å². The van der Waals surface area contributed by atoms with Crippen LogP contribution < -0.4 is 15.4 Å². The second-order valence-corrected chi connectivity index (χ2v) is 6.15. The van der Waals surface area contributed by atoms with Gasteiger partial charge < -0.3 is 15.4 Å². The van der Waals surface area contributed by atoms with E-state index in [1.165, 1.54) is 30.6 Å². The first-order valence-corrected chi connectivity index (χ1v) is 8.86. The Balaban J connectivity index is 1.95. The van der Waals surface area contributed by atoms with Crippen LogP contribution >= 0.6 is 11.6 Å². The lowest BCUT2D eigenvalue weighted by molar-refractivity contribution is -0.116. The van der Waals surface area contributed by atoms with Crippen LogP contribution in [-0.4, -0.2) is 34.8 Å². The van der Waals surface area contributed by atoms with Gasteiger partial charge in [-0.25, -0.2) is 18.7 Å². The maximum absolute atomic E-state index is 12.3. The number of anilines is 1. The molecule has 0 unspecified atom stereocenters. The van der Waals surface area contributed by atoms with Crippen LogP contribution in [0, 0.1) is 0 Å². The Hall–Kier alpha value is -2.81. The summed E-state index contributed by atoms with van der Waals surface area (Å²) >= 11 is 5.95. The summed E-state index contributed by atoms with van der Waals surface area (Å²) < 4.78 is 29.1. The largest absolute Gasteiger partial charge is 0.471 e. The average molecular weight is 413 g/mol. The Labute approximate surface area is 165 Å². The van der Waals surface area contributed by atoms with E-state index in [1.54, 1.807) is 0 Å². The van der Waals surface area contributed by atoms with Crippen LogP contribution in [0.5, 0.6) is 5.88 Å². The number of carbonyl (C=O) groups is 2. The number of aromatic nitrogens is 2. The van der Waals surface area contributed by atoms with Crippen LogP contribution in [0.1, 0.15) is 35.7 Å². The van der Waals surface area contributed by atoms with Crippen molar-refractivity contribution in [3.05, 3.63) is 46.7 Å². The van der Waals surface area contributed by atoms with Gasteiger partial charge in [0.2, 0.25) is 11.8 Å². The lowest BCUT2D eigenvalue weighted by Gasteiger charge is -2.09.